The Balaban J connectivity index is 2.23. The molecule has 0 saturated carbocycles. The molecule has 0 amide bonds. The maximum absolute atomic E-state index is 12.6. The molecule has 0 radical (unpaired) electrons. The van der Waals surface area contributed by atoms with Gasteiger partial charge in [0, 0.05) is 18.9 Å². The lowest BCUT2D eigenvalue weighted by Gasteiger charge is -2.14. The molecule has 0 spiro atoms. The van der Waals surface area contributed by atoms with Gasteiger partial charge in [0.15, 0.2) is 0 Å². The Morgan fingerprint density at radius 3 is 2.62 bits per heavy atom. The summed E-state index contributed by atoms with van der Waals surface area (Å²) in [6.45, 7) is 4.88. The second-order valence-electron chi connectivity index (χ2n) is 5.11. The fourth-order valence-corrected chi connectivity index (χ4v) is 2.12. The smallest absolute Gasteiger partial charge is 0.324 e. The van der Waals surface area contributed by atoms with Crippen molar-refractivity contribution in [3.8, 4) is 0 Å². The number of hydrogen-bond donors (Lipinski definition) is 1. The Hall–Kier alpha value is -1.69. The Morgan fingerprint density at radius 1 is 1.33 bits per heavy atom. The van der Waals surface area contributed by atoms with Crippen molar-refractivity contribution < 1.29 is 13.2 Å². The quantitative estimate of drug-likeness (QED) is 0.864. The van der Waals surface area contributed by atoms with Crippen LogP contribution < -0.4 is 5.32 Å². The Labute approximate surface area is 125 Å². The van der Waals surface area contributed by atoms with Crippen LogP contribution in [0.1, 0.15) is 19.4 Å². The van der Waals surface area contributed by atoms with Crippen molar-refractivity contribution in [2.24, 2.45) is 5.92 Å². The van der Waals surface area contributed by atoms with E-state index >= 15 is 0 Å². The number of rotatable bonds is 4. The van der Waals surface area contributed by atoms with Crippen LogP contribution in [0.3, 0.4) is 0 Å². The van der Waals surface area contributed by atoms with Gasteiger partial charge in [-0.25, -0.2) is 4.98 Å². The highest BCUT2D eigenvalue weighted by molar-refractivity contribution is 6.33. The topological polar surface area (TPSA) is 29.9 Å². The minimum Gasteiger partial charge on any atom is -0.324 e. The average Bonchev–Trinajstić information content (AvgIpc) is 2.77. The second kappa shape index (κ2) is 5.97. The predicted octanol–water partition coefficient (Wildman–Crippen LogP) is 4.95. The van der Waals surface area contributed by atoms with Gasteiger partial charge in [-0.3, -0.25) is 0 Å². The molecular formula is C14H15ClF3N3. The predicted molar refractivity (Wildman–Crippen MR) is 76.8 cm³/mol. The maximum Gasteiger partial charge on any atom is 0.416 e. The van der Waals surface area contributed by atoms with E-state index in [1.807, 2.05) is 4.57 Å². The number of nitrogens with zero attached hydrogens (tertiary/aromatic N) is 2. The number of hydrogen-bond acceptors (Lipinski definition) is 2. The third-order valence-electron chi connectivity index (χ3n) is 2.82. The van der Waals surface area contributed by atoms with Crippen LogP contribution in [0.25, 0.3) is 0 Å². The number of alkyl halides is 3. The van der Waals surface area contributed by atoms with Crippen molar-refractivity contribution >= 4 is 23.2 Å². The molecule has 0 saturated heterocycles. The fourth-order valence-electron chi connectivity index (χ4n) is 1.89. The van der Waals surface area contributed by atoms with Gasteiger partial charge in [0.25, 0.3) is 0 Å². The largest absolute Gasteiger partial charge is 0.416 e. The third kappa shape index (κ3) is 3.91. The molecule has 3 nitrogen and oxygen atoms in total. The third-order valence-corrected chi connectivity index (χ3v) is 3.13. The highest BCUT2D eigenvalue weighted by Gasteiger charge is 2.30. The van der Waals surface area contributed by atoms with Crippen LogP contribution in [0.2, 0.25) is 5.02 Å². The van der Waals surface area contributed by atoms with E-state index in [4.69, 9.17) is 11.6 Å². The number of aromatic nitrogens is 2. The molecular weight excluding hydrogens is 303 g/mol. The van der Waals surface area contributed by atoms with E-state index in [0.29, 0.717) is 17.6 Å². The normalized spacial score (nSPS) is 12.0. The highest BCUT2D eigenvalue weighted by Crippen LogP contribution is 2.34. The zero-order valence-electron chi connectivity index (χ0n) is 11.6. The van der Waals surface area contributed by atoms with Crippen LogP contribution >= 0.6 is 11.6 Å². The van der Waals surface area contributed by atoms with Crippen molar-refractivity contribution in [1.29, 1.82) is 0 Å². The lowest BCUT2D eigenvalue weighted by atomic mass is 10.2. The molecule has 0 unspecified atom stereocenters. The van der Waals surface area contributed by atoms with Crippen molar-refractivity contribution in [3.63, 3.8) is 0 Å². The molecule has 21 heavy (non-hydrogen) atoms. The van der Waals surface area contributed by atoms with Gasteiger partial charge in [-0.05, 0) is 24.1 Å². The minimum absolute atomic E-state index is 0.00363. The van der Waals surface area contributed by atoms with Crippen molar-refractivity contribution in [1.82, 2.24) is 9.55 Å². The zero-order chi connectivity index (χ0) is 15.6. The summed E-state index contributed by atoms with van der Waals surface area (Å²) >= 11 is 5.91. The van der Waals surface area contributed by atoms with Crippen molar-refractivity contribution in [3.05, 3.63) is 41.2 Å². The van der Waals surface area contributed by atoms with Crippen LogP contribution in [0.5, 0.6) is 0 Å². The van der Waals surface area contributed by atoms with E-state index in [2.05, 4.69) is 24.1 Å². The number of benzene rings is 1. The van der Waals surface area contributed by atoms with Gasteiger partial charge in [-0.2, -0.15) is 13.2 Å². The van der Waals surface area contributed by atoms with Crippen LogP contribution in [-0.4, -0.2) is 9.55 Å². The molecule has 2 aromatic rings. The van der Waals surface area contributed by atoms with E-state index in [-0.39, 0.29) is 5.02 Å². The second-order valence-corrected chi connectivity index (χ2v) is 5.52. The SMILES string of the molecule is CC(C)Cn1ccnc1Nc1ccc(C(F)(F)F)cc1Cl. The summed E-state index contributed by atoms with van der Waals surface area (Å²) in [6, 6.07) is 3.20. The van der Waals surface area contributed by atoms with Crippen LogP contribution in [0.15, 0.2) is 30.6 Å². The summed E-state index contributed by atoms with van der Waals surface area (Å²) < 4.78 is 39.7. The van der Waals surface area contributed by atoms with Gasteiger partial charge in [0.1, 0.15) is 0 Å². The van der Waals surface area contributed by atoms with E-state index in [0.717, 1.165) is 18.7 Å². The molecule has 1 heterocycles. The van der Waals surface area contributed by atoms with Gasteiger partial charge in [0.2, 0.25) is 5.95 Å². The molecule has 1 N–H and O–H groups in total. The molecule has 0 aliphatic rings. The Bertz CT molecular complexity index is 620. The van der Waals surface area contributed by atoms with Gasteiger partial charge in [-0.1, -0.05) is 25.4 Å². The summed E-state index contributed by atoms with van der Waals surface area (Å²) in [5, 5.41) is 2.96. The van der Waals surface area contributed by atoms with Crippen molar-refractivity contribution in [2.45, 2.75) is 26.6 Å². The van der Waals surface area contributed by atoms with Gasteiger partial charge < -0.3 is 9.88 Å². The molecule has 0 aliphatic heterocycles. The monoisotopic (exact) mass is 317 g/mol. The number of halogens is 4. The maximum atomic E-state index is 12.6. The van der Waals surface area contributed by atoms with Gasteiger partial charge in [-0.15, -0.1) is 0 Å². The van der Waals surface area contributed by atoms with Crippen LogP contribution in [0.4, 0.5) is 24.8 Å². The molecule has 0 fully saturated rings. The lowest BCUT2D eigenvalue weighted by molar-refractivity contribution is -0.137. The highest BCUT2D eigenvalue weighted by atomic mass is 35.5. The Morgan fingerprint density at radius 2 is 2.05 bits per heavy atom. The summed E-state index contributed by atoms with van der Waals surface area (Å²) in [6.07, 6.45) is -0.971. The summed E-state index contributed by atoms with van der Waals surface area (Å²) in [4.78, 5) is 4.15. The minimum atomic E-state index is -4.40. The first-order chi connectivity index (χ1) is 9.77. The first-order valence-corrected chi connectivity index (χ1v) is 6.80. The zero-order valence-corrected chi connectivity index (χ0v) is 12.3. The number of imidazole rings is 1. The fraction of sp³-hybridized carbons (Fsp3) is 0.357. The lowest BCUT2D eigenvalue weighted by Crippen LogP contribution is -2.08. The summed E-state index contributed by atoms with van der Waals surface area (Å²) in [7, 11) is 0. The van der Waals surface area contributed by atoms with Crippen LogP contribution in [0, 0.1) is 5.92 Å². The van der Waals surface area contributed by atoms with E-state index in [1.54, 1.807) is 12.4 Å². The van der Waals surface area contributed by atoms with Gasteiger partial charge >= 0.3 is 6.18 Å². The molecule has 1 aromatic carbocycles. The molecule has 0 bridgehead atoms. The van der Waals surface area contributed by atoms with E-state index < -0.39 is 11.7 Å². The molecule has 7 heteroatoms. The van der Waals surface area contributed by atoms with Crippen molar-refractivity contribution in [2.75, 3.05) is 5.32 Å². The molecule has 1 aromatic heterocycles. The molecule has 0 aliphatic carbocycles. The average molecular weight is 318 g/mol. The standard InChI is InChI=1S/C14H15ClF3N3/c1-9(2)8-21-6-5-19-13(21)20-12-4-3-10(7-11(12)15)14(16,17)18/h3-7,9H,8H2,1-2H3,(H,19,20). The molecule has 114 valence electrons. The summed E-state index contributed by atoms with van der Waals surface area (Å²) in [5.41, 5.74) is -0.385. The van der Waals surface area contributed by atoms with E-state index in [9.17, 15) is 13.2 Å². The summed E-state index contributed by atoms with van der Waals surface area (Å²) in [5.74, 6) is 0.966. The Kier molecular flexibility index (Phi) is 4.46. The number of anilines is 2. The van der Waals surface area contributed by atoms with E-state index in [1.165, 1.54) is 6.07 Å². The molecule has 2 rings (SSSR count). The first-order valence-electron chi connectivity index (χ1n) is 6.42. The van der Waals surface area contributed by atoms with Gasteiger partial charge in [0.05, 0.1) is 16.3 Å². The molecule has 0 atom stereocenters. The number of nitrogens with one attached hydrogen (secondary N) is 1. The first kappa shape index (κ1) is 15.7. The van der Waals surface area contributed by atoms with Crippen LogP contribution in [-0.2, 0) is 12.7 Å².